The standard InChI is InChI=1S/C18H21N3O2/c1-14-7-9-16(10-8-14)21(12-11-17(22)20-18(19)23)13-15-5-3-2-4-6-15/h2-10H,11-13H2,1H3,(H3,19,20,22,23). The number of anilines is 1. The average molecular weight is 311 g/mol. The summed E-state index contributed by atoms with van der Waals surface area (Å²) < 4.78 is 0. The minimum Gasteiger partial charge on any atom is -0.367 e. The second kappa shape index (κ2) is 7.98. The third-order valence-corrected chi connectivity index (χ3v) is 3.49. The Morgan fingerprint density at radius 3 is 2.30 bits per heavy atom. The lowest BCUT2D eigenvalue weighted by molar-refractivity contribution is -0.119. The van der Waals surface area contributed by atoms with Gasteiger partial charge in [-0.3, -0.25) is 10.1 Å². The van der Waals surface area contributed by atoms with Crippen molar-refractivity contribution < 1.29 is 9.59 Å². The molecule has 0 saturated carbocycles. The Labute approximate surface area is 136 Å². The first-order chi connectivity index (χ1) is 11.0. The summed E-state index contributed by atoms with van der Waals surface area (Å²) in [5, 5.41) is 2.10. The van der Waals surface area contributed by atoms with Gasteiger partial charge < -0.3 is 10.6 Å². The van der Waals surface area contributed by atoms with E-state index in [0.717, 1.165) is 11.3 Å². The van der Waals surface area contributed by atoms with E-state index in [4.69, 9.17) is 5.73 Å². The van der Waals surface area contributed by atoms with Crippen molar-refractivity contribution in [1.29, 1.82) is 0 Å². The number of hydrogen-bond donors (Lipinski definition) is 2. The van der Waals surface area contributed by atoms with E-state index in [2.05, 4.69) is 10.2 Å². The summed E-state index contributed by atoms with van der Waals surface area (Å²) in [6.45, 7) is 3.22. The molecular weight excluding hydrogens is 290 g/mol. The summed E-state index contributed by atoms with van der Waals surface area (Å²) in [6, 6.07) is 17.4. The fourth-order valence-electron chi connectivity index (χ4n) is 2.30. The van der Waals surface area contributed by atoms with Crippen LogP contribution in [-0.2, 0) is 11.3 Å². The van der Waals surface area contributed by atoms with Crippen LogP contribution in [-0.4, -0.2) is 18.5 Å². The fourth-order valence-corrected chi connectivity index (χ4v) is 2.30. The highest BCUT2D eigenvalue weighted by Gasteiger charge is 2.11. The van der Waals surface area contributed by atoms with E-state index >= 15 is 0 Å². The average Bonchev–Trinajstić information content (AvgIpc) is 2.52. The van der Waals surface area contributed by atoms with E-state index in [1.807, 2.05) is 61.5 Å². The molecule has 5 heteroatoms. The van der Waals surface area contributed by atoms with Crippen LogP contribution < -0.4 is 16.0 Å². The van der Waals surface area contributed by atoms with Crippen LogP contribution in [0, 0.1) is 6.92 Å². The molecule has 0 fully saturated rings. The van der Waals surface area contributed by atoms with Crippen molar-refractivity contribution in [1.82, 2.24) is 5.32 Å². The van der Waals surface area contributed by atoms with Gasteiger partial charge in [-0.25, -0.2) is 4.79 Å². The van der Waals surface area contributed by atoms with Gasteiger partial charge in [-0.2, -0.15) is 0 Å². The van der Waals surface area contributed by atoms with Gasteiger partial charge in [0, 0.05) is 25.2 Å². The monoisotopic (exact) mass is 311 g/mol. The quantitative estimate of drug-likeness (QED) is 0.861. The van der Waals surface area contributed by atoms with E-state index in [-0.39, 0.29) is 12.3 Å². The number of hydrogen-bond acceptors (Lipinski definition) is 3. The molecule has 2 aromatic carbocycles. The predicted molar refractivity (Wildman–Crippen MR) is 91.0 cm³/mol. The molecule has 0 radical (unpaired) electrons. The minimum atomic E-state index is -0.819. The van der Waals surface area contributed by atoms with Gasteiger partial charge >= 0.3 is 6.03 Å². The highest BCUT2D eigenvalue weighted by molar-refractivity contribution is 5.93. The van der Waals surface area contributed by atoms with Crippen molar-refractivity contribution in [3.63, 3.8) is 0 Å². The maximum Gasteiger partial charge on any atom is 0.318 e. The molecule has 23 heavy (non-hydrogen) atoms. The van der Waals surface area contributed by atoms with Crippen LogP contribution in [0.25, 0.3) is 0 Å². The zero-order valence-corrected chi connectivity index (χ0v) is 13.2. The van der Waals surface area contributed by atoms with Crippen molar-refractivity contribution in [3.05, 3.63) is 65.7 Å². The Bertz CT molecular complexity index is 654. The molecule has 0 aliphatic rings. The van der Waals surface area contributed by atoms with Crippen LogP contribution in [0.1, 0.15) is 17.5 Å². The van der Waals surface area contributed by atoms with Crippen LogP contribution in [0.3, 0.4) is 0 Å². The van der Waals surface area contributed by atoms with Gasteiger partial charge in [-0.15, -0.1) is 0 Å². The molecule has 3 N–H and O–H groups in total. The number of aryl methyl sites for hydroxylation is 1. The number of nitrogens with one attached hydrogen (secondary N) is 1. The lowest BCUT2D eigenvalue weighted by Crippen LogP contribution is -2.37. The van der Waals surface area contributed by atoms with Crippen molar-refractivity contribution in [2.75, 3.05) is 11.4 Å². The van der Waals surface area contributed by atoms with E-state index in [1.54, 1.807) is 0 Å². The lowest BCUT2D eigenvalue weighted by Gasteiger charge is -2.25. The largest absolute Gasteiger partial charge is 0.367 e. The molecule has 0 aliphatic heterocycles. The Morgan fingerprint density at radius 1 is 1.04 bits per heavy atom. The third kappa shape index (κ3) is 5.47. The molecule has 0 unspecified atom stereocenters. The van der Waals surface area contributed by atoms with E-state index < -0.39 is 6.03 Å². The molecule has 0 aromatic heterocycles. The Kier molecular flexibility index (Phi) is 5.74. The number of carbonyl (C=O) groups is 2. The Hall–Kier alpha value is -2.82. The van der Waals surface area contributed by atoms with Gasteiger partial charge in [0.25, 0.3) is 0 Å². The fraction of sp³-hybridized carbons (Fsp3) is 0.222. The molecule has 5 nitrogen and oxygen atoms in total. The molecular formula is C18H21N3O2. The second-order valence-corrected chi connectivity index (χ2v) is 5.41. The molecule has 0 spiro atoms. The van der Waals surface area contributed by atoms with Gasteiger partial charge in [-0.05, 0) is 24.6 Å². The number of urea groups is 1. The van der Waals surface area contributed by atoms with Gasteiger partial charge in [0.1, 0.15) is 0 Å². The normalized spacial score (nSPS) is 10.1. The highest BCUT2D eigenvalue weighted by Crippen LogP contribution is 2.18. The van der Waals surface area contributed by atoms with Crippen molar-refractivity contribution in [2.45, 2.75) is 19.9 Å². The first kappa shape index (κ1) is 16.5. The topological polar surface area (TPSA) is 75.4 Å². The summed E-state index contributed by atoms with van der Waals surface area (Å²) in [6.07, 6.45) is 0.198. The van der Waals surface area contributed by atoms with Gasteiger partial charge in [-0.1, -0.05) is 48.0 Å². The van der Waals surface area contributed by atoms with Crippen molar-refractivity contribution in [2.24, 2.45) is 5.73 Å². The molecule has 0 saturated heterocycles. The summed E-state index contributed by atoms with van der Waals surface area (Å²) in [7, 11) is 0. The molecule has 0 atom stereocenters. The highest BCUT2D eigenvalue weighted by atomic mass is 16.2. The van der Waals surface area contributed by atoms with E-state index in [1.165, 1.54) is 5.56 Å². The molecule has 0 aliphatic carbocycles. The second-order valence-electron chi connectivity index (χ2n) is 5.41. The maximum absolute atomic E-state index is 11.7. The minimum absolute atomic E-state index is 0.198. The van der Waals surface area contributed by atoms with Crippen LogP contribution >= 0.6 is 0 Å². The number of imide groups is 1. The molecule has 2 aromatic rings. The Morgan fingerprint density at radius 2 is 1.70 bits per heavy atom. The zero-order valence-electron chi connectivity index (χ0n) is 13.2. The predicted octanol–water partition coefficient (Wildman–Crippen LogP) is 2.59. The van der Waals surface area contributed by atoms with Crippen LogP contribution in [0.5, 0.6) is 0 Å². The van der Waals surface area contributed by atoms with Crippen molar-refractivity contribution >= 4 is 17.6 Å². The summed E-state index contributed by atoms with van der Waals surface area (Å²) in [5.41, 5.74) is 8.34. The van der Waals surface area contributed by atoms with E-state index in [9.17, 15) is 9.59 Å². The summed E-state index contributed by atoms with van der Waals surface area (Å²) >= 11 is 0. The Balaban J connectivity index is 2.09. The number of rotatable bonds is 6. The number of nitrogens with two attached hydrogens (primary N) is 1. The lowest BCUT2D eigenvalue weighted by atomic mass is 10.1. The zero-order chi connectivity index (χ0) is 16.7. The maximum atomic E-state index is 11.7. The third-order valence-electron chi connectivity index (χ3n) is 3.49. The first-order valence-corrected chi connectivity index (χ1v) is 7.49. The van der Waals surface area contributed by atoms with Crippen LogP contribution in [0.4, 0.5) is 10.5 Å². The van der Waals surface area contributed by atoms with Crippen molar-refractivity contribution in [3.8, 4) is 0 Å². The van der Waals surface area contributed by atoms with E-state index in [0.29, 0.717) is 13.1 Å². The first-order valence-electron chi connectivity index (χ1n) is 7.49. The number of benzene rings is 2. The molecule has 2 rings (SSSR count). The number of primary amides is 1. The smallest absolute Gasteiger partial charge is 0.318 e. The van der Waals surface area contributed by atoms with Gasteiger partial charge in [0.15, 0.2) is 0 Å². The molecule has 0 bridgehead atoms. The van der Waals surface area contributed by atoms with Crippen LogP contribution in [0.2, 0.25) is 0 Å². The number of amides is 3. The molecule has 3 amide bonds. The summed E-state index contributed by atoms with van der Waals surface area (Å²) in [4.78, 5) is 24.5. The van der Waals surface area contributed by atoms with Crippen LogP contribution in [0.15, 0.2) is 54.6 Å². The molecule has 0 heterocycles. The summed E-state index contributed by atoms with van der Waals surface area (Å²) in [5.74, 6) is -0.373. The number of carbonyl (C=O) groups excluding carboxylic acids is 2. The van der Waals surface area contributed by atoms with Gasteiger partial charge in [0.05, 0.1) is 0 Å². The molecule has 120 valence electrons. The SMILES string of the molecule is Cc1ccc(N(CCC(=O)NC(N)=O)Cc2ccccc2)cc1. The van der Waals surface area contributed by atoms with Gasteiger partial charge in [0.2, 0.25) is 5.91 Å². The number of nitrogens with zero attached hydrogens (tertiary/aromatic N) is 1.